The van der Waals surface area contributed by atoms with Gasteiger partial charge in [0.15, 0.2) is 5.75 Å². The predicted molar refractivity (Wildman–Crippen MR) is 53.8 cm³/mol. The second kappa shape index (κ2) is 3.79. The molecule has 0 aliphatic heterocycles. The SMILES string of the molecule is O=CNOc1cccc2ccccc12. The Morgan fingerprint density at radius 3 is 2.71 bits per heavy atom. The van der Waals surface area contributed by atoms with Gasteiger partial charge in [0, 0.05) is 5.39 Å². The molecule has 0 radical (unpaired) electrons. The minimum atomic E-state index is 0.502. The van der Waals surface area contributed by atoms with Gasteiger partial charge in [-0.05, 0) is 11.5 Å². The number of carbonyl (C=O) groups excluding carboxylic acids is 1. The molecule has 0 aromatic heterocycles. The summed E-state index contributed by atoms with van der Waals surface area (Å²) in [6, 6.07) is 13.5. The first kappa shape index (κ1) is 8.56. The van der Waals surface area contributed by atoms with E-state index in [1.54, 1.807) is 6.07 Å². The highest BCUT2D eigenvalue weighted by molar-refractivity contribution is 5.88. The zero-order chi connectivity index (χ0) is 9.80. The smallest absolute Gasteiger partial charge is 0.239 e. The molecule has 0 aliphatic rings. The third kappa shape index (κ3) is 1.52. The molecule has 2 rings (SSSR count). The van der Waals surface area contributed by atoms with Crippen LogP contribution in [0.15, 0.2) is 42.5 Å². The summed E-state index contributed by atoms with van der Waals surface area (Å²) >= 11 is 0. The number of nitrogens with one attached hydrogen (secondary N) is 1. The van der Waals surface area contributed by atoms with Gasteiger partial charge in [-0.25, -0.2) is 0 Å². The molecule has 0 bridgehead atoms. The highest BCUT2D eigenvalue weighted by Crippen LogP contribution is 2.24. The maximum atomic E-state index is 10.1. The minimum absolute atomic E-state index is 0.502. The lowest BCUT2D eigenvalue weighted by atomic mass is 10.1. The fourth-order valence-corrected chi connectivity index (χ4v) is 1.37. The normalized spacial score (nSPS) is 9.71. The lowest BCUT2D eigenvalue weighted by molar-refractivity contribution is -0.115. The van der Waals surface area contributed by atoms with E-state index in [4.69, 9.17) is 4.84 Å². The van der Waals surface area contributed by atoms with Crippen LogP contribution < -0.4 is 10.3 Å². The largest absolute Gasteiger partial charge is 0.379 e. The molecule has 14 heavy (non-hydrogen) atoms. The molecule has 1 N–H and O–H groups in total. The number of benzene rings is 2. The van der Waals surface area contributed by atoms with Crippen molar-refractivity contribution < 1.29 is 9.63 Å². The second-order valence-corrected chi connectivity index (χ2v) is 2.82. The van der Waals surface area contributed by atoms with Crippen molar-refractivity contribution in [2.24, 2.45) is 0 Å². The predicted octanol–water partition coefficient (Wildman–Crippen LogP) is 1.88. The first-order valence-corrected chi connectivity index (χ1v) is 4.25. The van der Waals surface area contributed by atoms with Crippen molar-refractivity contribution in [3.05, 3.63) is 42.5 Å². The highest BCUT2D eigenvalue weighted by Gasteiger charge is 1.99. The molecule has 1 amide bonds. The standard InChI is InChI=1S/C11H9NO2/c13-8-12-14-11-7-3-5-9-4-1-2-6-10(9)11/h1-8H,(H,12,13). The van der Waals surface area contributed by atoms with Crippen LogP contribution in [0, 0.1) is 0 Å². The van der Waals surface area contributed by atoms with E-state index < -0.39 is 0 Å². The zero-order valence-corrected chi connectivity index (χ0v) is 7.44. The average Bonchev–Trinajstić information content (AvgIpc) is 2.26. The lowest BCUT2D eigenvalue weighted by Gasteiger charge is -2.05. The molecular weight excluding hydrogens is 178 g/mol. The van der Waals surface area contributed by atoms with Crippen molar-refractivity contribution in [3.8, 4) is 5.75 Å². The van der Waals surface area contributed by atoms with Crippen molar-refractivity contribution in [3.63, 3.8) is 0 Å². The van der Waals surface area contributed by atoms with E-state index in [1.165, 1.54) is 0 Å². The summed E-state index contributed by atoms with van der Waals surface area (Å²) in [6.07, 6.45) is 0.502. The number of fused-ring (bicyclic) bond motifs is 1. The molecule has 0 atom stereocenters. The molecule has 0 aliphatic carbocycles. The summed E-state index contributed by atoms with van der Waals surface area (Å²) in [7, 11) is 0. The van der Waals surface area contributed by atoms with Crippen LogP contribution in [0.1, 0.15) is 0 Å². The number of carbonyl (C=O) groups is 1. The van der Waals surface area contributed by atoms with Gasteiger partial charge in [0.2, 0.25) is 6.41 Å². The quantitative estimate of drug-likeness (QED) is 0.588. The molecule has 0 heterocycles. The molecule has 0 unspecified atom stereocenters. The number of hydrogen-bond donors (Lipinski definition) is 1. The van der Waals surface area contributed by atoms with Crippen LogP contribution in [0.3, 0.4) is 0 Å². The van der Waals surface area contributed by atoms with Crippen LogP contribution in [-0.2, 0) is 4.79 Å². The van der Waals surface area contributed by atoms with Crippen LogP contribution >= 0.6 is 0 Å². The third-order valence-corrected chi connectivity index (χ3v) is 1.97. The maximum Gasteiger partial charge on any atom is 0.239 e. The average molecular weight is 187 g/mol. The molecule has 0 saturated heterocycles. The number of rotatable bonds is 3. The Labute approximate surface area is 81.3 Å². The molecule has 3 nitrogen and oxygen atoms in total. The fourth-order valence-electron chi connectivity index (χ4n) is 1.37. The van der Waals surface area contributed by atoms with E-state index in [0.717, 1.165) is 10.8 Å². The Bertz CT molecular complexity index is 448. The van der Waals surface area contributed by atoms with E-state index in [0.29, 0.717) is 12.2 Å². The Balaban J connectivity index is 2.48. The third-order valence-electron chi connectivity index (χ3n) is 1.97. The van der Waals surface area contributed by atoms with Crippen LogP contribution in [0.5, 0.6) is 5.75 Å². The van der Waals surface area contributed by atoms with E-state index in [2.05, 4.69) is 5.48 Å². The van der Waals surface area contributed by atoms with E-state index >= 15 is 0 Å². The summed E-state index contributed by atoms with van der Waals surface area (Å²) < 4.78 is 0. The maximum absolute atomic E-state index is 10.1. The van der Waals surface area contributed by atoms with E-state index in [1.807, 2.05) is 36.4 Å². The topological polar surface area (TPSA) is 38.3 Å². The van der Waals surface area contributed by atoms with E-state index in [-0.39, 0.29) is 0 Å². The first-order chi connectivity index (χ1) is 6.92. The Morgan fingerprint density at radius 1 is 1.07 bits per heavy atom. The second-order valence-electron chi connectivity index (χ2n) is 2.82. The molecule has 0 saturated carbocycles. The van der Waals surface area contributed by atoms with Crippen molar-refractivity contribution >= 4 is 17.2 Å². The molecular formula is C11H9NO2. The van der Waals surface area contributed by atoms with Gasteiger partial charge < -0.3 is 4.84 Å². The van der Waals surface area contributed by atoms with Gasteiger partial charge in [-0.15, -0.1) is 0 Å². The molecule has 0 fully saturated rings. The van der Waals surface area contributed by atoms with Crippen LogP contribution in [0.25, 0.3) is 10.8 Å². The van der Waals surface area contributed by atoms with Crippen molar-refractivity contribution in [1.29, 1.82) is 0 Å². The Kier molecular flexibility index (Phi) is 2.32. The summed E-state index contributed by atoms with van der Waals surface area (Å²) in [4.78, 5) is 15.1. The van der Waals surface area contributed by atoms with Crippen LogP contribution in [0.2, 0.25) is 0 Å². The molecule has 2 aromatic rings. The molecule has 3 heteroatoms. The van der Waals surface area contributed by atoms with Gasteiger partial charge in [-0.3, -0.25) is 4.79 Å². The fraction of sp³-hybridized carbons (Fsp3) is 0. The molecule has 2 aromatic carbocycles. The van der Waals surface area contributed by atoms with E-state index in [9.17, 15) is 4.79 Å². The molecule has 70 valence electrons. The number of hydroxylamine groups is 1. The van der Waals surface area contributed by atoms with Crippen LogP contribution in [-0.4, -0.2) is 6.41 Å². The first-order valence-electron chi connectivity index (χ1n) is 4.25. The van der Waals surface area contributed by atoms with Gasteiger partial charge in [0.1, 0.15) is 0 Å². The monoisotopic (exact) mass is 187 g/mol. The van der Waals surface area contributed by atoms with Crippen molar-refractivity contribution in [2.75, 3.05) is 0 Å². The summed E-state index contributed by atoms with van der Waals surface area (Å²) in [5.74, 6) is 0.648. The summed E-state index contributed by atoms with van der Waals surface area (Å²) in [6.45, 7) is 0. The van der Waals surface area contributed by atoms with Crippen molar-refractivity contribution in [1.82, 2.24) is 5.48 Å². The number of hydrogen-bond acceptors (Lipinski definition) is 2. The summed E-state index contributed by atoms with van der Waals surface area (Å²) in [5.41, 5.74) is 2.18. The Hall–Kier alpha value is -2.03. The van der Waals surface area contributed by atoms with Gasteiger partial charge in [-0.2, -0.15) is 5.48 Å². The zero-order valence-electron chi connectivity index (χ0n) is 7.44. The van der Waals surface area contributed by atoms with Gasteiger partial charge in [0.05, 0.1) is 0 Å². The highest BCUT2D eigenvalue weighted by atomic mass is 16.7. The van der Waals surface area contributed by atoms with Gasteiger partial charge in [-0.1, -0.05) is 36.4 Å². The number of amides is 1. The minimum Gasteiger partial charge on any atom is -0.379 e. The Morgan fingerprint density at radius 2 is 1.86 bits per heavy atom. The lowest BCUT2D eigenvalue weighted by Crippen LogP contribution is -2.15. The van der Waals surface area contributed by atoms with Gasteiger partial charge in [0.25, 0.3) is 0 Å². The van der Waals surface area contributed by atoms with Gasteiger partial charge >= 0.3 is 0 Å². The molecule has 0 spiro atoms. The van der Waals surface area contributed by atoms with Crippen LogP contribution in [0.4, 0.5) is 0 Å². The summed E-state index contributed by atoms with van der Waals surface area (Å²) in [5, 5.41) is 2.06. The van der Waals surface area contributed by atoms with Crippen molar-refractivity contribution in [2.45, 2.75) is 0 Å².